The van der Waals surface area contributed by atoms with Gasteiger partial charge in [-0.25, -0.2) is 0 Å². The average molecular weight is 275 g/mol. The molecule has 0 fully saturated rings. The largest absolute Gasteiger partial charge is 0.493 e. The van der Waals surface area contributed by atoms with Gasteiger partial charge >= 0.3 is 0 Å². The zero-order chi connectivity index (χ0) is 14.7. The van der Waals surface area contributed by atoms with Gasteiger partial charge in [-0.05, 0) is 31.5 Å². The molecule has 0 saturated carbocycles. The first-order valence-corrected chi connectivity index (χ1v) is 6.61. The van der Waals surface area contributed by atoms with E-state index in [-0.39, 0.29) is 12.1 Å². The molecule has 0 spiro atoms. The maximum atomic E-state index is 6.34. The van der Waals surface area contributed by atoms with E-state index >= 15 is 0 Å². The fourth-order valence-electron chi connectivity index (χ4n) is 2.15. The first kappa shape index (κ1) is 14.4. The summed E-state index contributed by atoms with van der Waals surface area (Å²) in [6.07, 6.45) is 1.80. The van der Waals surface area contributed by atoms with E-state index in [0.717, 1.165) is 17.0 Å². The predicted octanol–water partition coefficient (Wildman–Crippen LogP) is 2.26. The van der Waals surface area contributed by atoms with Crippen LogP contribution in [0, 0.1) is 0 Å². The Morgan fingerprint density at radius 2 is 2.05 bits per heavy atom. The van der Waals surface area contributed by atoms with Gasteiger partial charge in [0.05, 0.1) is 25.5 Å². The highest BCUT2D eigenvalue weighted by Crippen LogP contribution is 2.29. The minimum absolute atomic E-state index is 0.132. The second kappa shape index (κ2) is 5.96. The molecule has 0 aliphatic rings. The highest BCUT2D eigenvalue weighted by atomic mass is 16.5. The van der Waals surface area contributed by atoms with Crippen LogP contribution in [0.15, 0.2) is 30.5 Å². The van der Waals surface area contributed by atoms with Crippen LogP contribution in [0.1, 0.15) is 31.1 Å². The summed E-state index contributed by atoms with van der Waals surface area (Å²) in [7, 11) is 3.47. The maximum absolute atomic E-state index is 6.34. The van der Waals surface area contributed by atoms with Gasteiger partial charge in [-0.3, -0.25) is 4.68 Å². The molecule has 0 aliphatic heterocycles. The second-order valence-corrected chi connectivity index (χ2v) is 4.94. The van der Waals surface area contributed by atoms with Crippen molar-refractivity contribution in [2.45, 2.75) is 26.0 Å². The lowest BCUT2D eigenvalue weighted by Gasteiger charge is -2.16. The minimum Gasteiger partial charge on any atom is -0.493 e. The van der Waals surface area contributed by atoms with Crippen molar-refractivity contribution in [1.82, 2.24) is 9.78 Å². The van der Waals surface area contributed by atoms with E-state index in [2.05, 4.69) is 5.10 Å². The molecule has 0 bridgehead atoms. The van der Waals surface area contributed by atoms with E-state index < -0.39 is 0 Å². The van der Waals surface area contributed by atoms with Gasteiger partial charge in [0, 0.05) is 7.05 Å². The second-order valence-electron chi connectivity index (χ2n) is 4.94. The Morgan fingerprint density at radius 1 is 1.30 bits per heavy atom. The van der Waals surface area contributed by atoms with Gasteiger partial charge in [-0.15, -0.1) is 0 Å². The highest BCUT2D eigenvalue weighted by Gasteiger charge is 2.19. The number of nitrogens with zero attached hydrogens (tertiary/aromatic N) is 2. The number of hydrogen-bond donors (Lipinski definition) is 1. The molecule has 2 rings (SSSR count). The minimum atomic E-state index is -0.312. The normalized spacial score (nSPS) is 12.5. The van der Waals surface area contributed by atoms with E-state index in [1.54, 1.807) is 18.0 Å². The summed E-state index contributed by atoms with van der Waals surface area (Å²) in [5.41, 5.74) is 8.15. The van der Waals surface area contributed by atoms with Crippen LogP contribution in [0.5, 0.6) is 11.5 Å². The van der Waals surface area contributed by atoms with Gasteiger partial charge < -0.3 is 15.2 Å². The summed E-state index contributed by atoms with van der Waals surface area (Å²) in [6.45, 7) is 3.99. The molecule has 2 aromatic rings. The molecule has 0 aliphatic carbocycles. The molecule has 5 nitrogen and oxygen atoms in total. The van der Waals surface area contributed by atoms with Crippen LogP contribution in [0.25, 0.3) is 0 Å². The van der Waals surface area contributed by atoms with Crippen LogP contribution in [0.4, 0.5) is 0 Å². The van der Waals surface area contributed by atoms with Crippen LogP contribution in [-0.4, -0.2) is 23.0 Å². The molecule has 0 radical (unpaired) electrons. The number of ether oxygens (including phenoxy) is 2. The van der Waals surface area contributed by atoms with Gasteiger partial charge in [-0.1, -0.05) is 12.1 Å². The molecule has 0 saturated heterocycles. The topological polar surface area (TPSA) is 62.3 Å². The molecule has 20 heavy (non-hydrogen) atoms. The van der Waals surface area contributed by atoms with E-state index in [1.807, 2.05) is 45.2 Å². The third-order valence-electron chi connectivity index (χ3n) is 3.05. The Bertz CT molecular complexity index is 578. The summed E-state index contributed by atoms with van der Waals surface area (Å²) in [5.74, 6) is 1.50. The Labute approximate surface area is 119 Å². The Balaban J connectivity index is 2.33. The summed E-state index contributed by atoms with van der Waals surface area (Å²) >= 11 is 0. The lowest BCUT2D eigenvalue weighted by molar-refractivity contribution is 0.242. The number of benzene rings is 1. The van der Waals surface area contributed by atoms with Crippen molar-refractivity contribution in [2.75, 3.05) is 7.11 Å². The van der Waals surface area contributed by atoms with Crippen molar-refractivity contribution in [3.05, 3.63) is 41.7 Å². The molecule has 1 aromatic carbocycles. The maximum Gasteiger partial charge on any atom is 0.161 e. The van der Waals surface area contributed by atoms with Crippen molar-refractivity contribution in [1.29, 1.82) is 0 Å². The quantitative estimate of drug-likeness (QED) is 0.909. The summed E-state index contributed by atoms with van der Waals surface area (Å²) in [5, 5.41) is 4.19. The lowest BCUT2D eigenvalue weighted by Crippen LogP contribution is -2.17. The van der Waals surface area contributed by atoms with E-state index in [4.69, 9.17) is 15.2 Å². The number of hydrogen-bond acceptors (Lipinski definition) is 4. The summed E-state index contributed by atoms with van der Waals surface area (Å²) in [6, 6.07) is 7.49. The molecule has 1 unspecified atom stereocenters. The first-order chi connectivity index (χ1) is 9.52. The van der Waals surface area contributed by atoms with Crippen molar-refractivity contribution in [2.24, 2.45) is 12.8 Å². The SMILES string of the molecule is COc1cnn(C)c1C(N)c1cccc(OC(C)C)c1. The van der Waals surface area contributed by atoms with Gasteiger partial charge in [-0.2, -0.15) is 5.10 Å². The van der Waals surface area contributed by atoms with Crippen molar-refractivity contribution < 1.29 is 9.47 Å². The summed E-state index contributed by atoms with van der Waals surface area (Å²) in [4.78, 5) is 0. The van der Waals surface area contributed by atoms with Gasteiger partial charge in [0.2, 0.25) is 0 Å². The molecule has 0 amide bonds. The van der Waals surface area contributed by atoms with Gasteiger partial charge in [0.1, 0.15) is 11.4 Å². The third kappa shape index (κ3) is 2.93. The van der Waals surface area contributed by atoms with Crippen LogP contribution in [-0.2, 0) is 7.05 Å². The molecule has 1 atom stereocenters. The summed E-state index contributed by atoms with van der Waals surface area (Å²) < 4.78 is 12.7. The molecule has 108 valence electrons. The smallest absolute Gasteiger partial charge is 0.161 e. The molecular formula is C15H21N3O2. The fourth-order valence-corrected chi connectivity index (χ4v) is 2.15. The van der Waals surface area contributed by atoms with Crippen LogP contribution in [0.2, 0.25) is 0 Å². The van der Waals surface area contributed by atoms with E-state index in [1.165, 1.54) is 0 Å². The molecule has 1 heterocycles. The van der Waals surface area contributed by atoms with Crippen LogP contribution >= 0.6 is 0 Å². The molecule has 2 N–H and O–H groups in total. The number of methoxy groups -OCH3 is 1. The fraction of sp³-hybridized carbons (Fsp3) is 0.400. The number of aryl methyl sites for hydroxylation is 1. The van der Waals surface area contributed by atoms with Gasteiger partial charge in [0.25, 0.3) is 0 Å². The predicted molar refractivity (Wildman–Crippen MR) is 78.0 cm³/mol. The molecule has 1 aromatic heterocycles. The standard InChI is InChI=1S/C15H21N3O2/c1-10(2)20-12-7-5-6-11(8-12)14(16)15-13(19-4)9-17-18(15)3/h5-10,14H,16H2,1-4H3. The van der Waals surface area contributed by atoms with E-state index in [9.17, 15) is 0 Å². The highest BCUT2D eigenvalue weighted by molar-refractivity contribution is 5.39. The molecular weight excluding hydrogens is 254 g/mol. The number of rotatable bonds is 5. The monoisotopic (exact) mass is 275 g/mol. The van der Waals surface area contributed by atoms with E-state index in [0.29, 0.717) is 5.75 Å². The zero-order valence-corrected chi connectivity index (χ0v) is 12.3. The lowest BCUT2D eigenvalue weighted by atomic mass is 10.0. The Hall–Kier alpha value is -2.01. The number of aromatic nitrogens is 2. The third-order valence-corrected chi connectivity index (χ3v) is 3.05. The Kier molecular flexibility index (Phi) is 4.29. The zero-order valence-electron chi connectivity index (χ0n) is 12.3. The number of nitrogens with two attached hydrogens (primary N) is 1. The first-order valence-electron chi connectivity index (χ1n) is 6.61. The van der Waals surface area contributed by atoms with Crippen LogP contribution in [0.3, 0.4) is 0 Å². The molecule has 5 heteroatoms. The van der Waals surface area contributed by atoms with Crippen LogP contribution < -0.4 is 15.2 Å². The van der Waals surface area contributed by atoms with Gasteiger partial charge in [0.15, 0.2) is 5.75 Å². The van der Waals surface area contributed by atoms with Crippen molar-refractivity contribution in [3.63, 3.8) is 0 Å². The Morgan fingerprint density at radius 3 is 2.70 bits per heavy atom. The van der Waals surface area contributed by atoms with Crippen molar-refractivity contribution >= 4 is 0 Å². The van der Waals surface area contributed by atoms with Crippen molar-refractivity contribution in [3.8, 4) is 11.5 Å². The average Bonchev–Trinajstić information content (AvgIpc) is 2.78.